The summed E-state index contributed by atoms with van der Waals surface area (Å²) in [5, 5.41) is 19.7. The number of rotatable bonds is 1. The van der Waals surface area contributed by atoms with Crippen molar-refractivity contribution in [2.45, 2.75) is 0 Å². The molecule has 0 aliphatic heterocycles. The van der Waals surface area contributed by atoms with E-state index in [1.807, 2.05) is 0 Å². The Hall–Kier alpha value is -0.830. The highest BCUT2D eigenvalue weighted by Crippen LogP contribution is 2.45. The van der Waals surface area contributed by atoms with Crippen LogP contribution in [-0.2, 0) is 0 Å². The standard InChI is InChI=1S/C15H6Br4O4/c16-9-8-12(21)7(5-1-3-6(20)4-2-5)15(19)23-14(8)11(18)13(22)10(9)17/h1-4,20,22H. The van der Waals surface area contributed by atoms with E-state index in [-0.39, 0.29) is 37.0 Å². The Morgan fingerprint density at radius 3 is 2.09 bits per heavy atom. The highest BCUT2D eigenvalue weighted by molar-refractivity contribution is 9.13. The fourth-order valence-corrected chi connectivity index (χ4v) is 4.41. The number of benzene rings is 2. The predicted molar refractivity (Wildman–Crippen MR) is 102 cm³/mol. The topological polar surface area (TPSA) is 70.7 Å². The van der Waals surface area contributed by atoms with Gasteiger partial charge in [0.1, 0.15) is 16.0 Å². The third-order valence-electron chi connectivity index (χ3n) is 3.25. The third kappa shape index (κ3) is 2.75. The molecular formula is C15H6Br4O4. The first-order chi connectivity index (χ1) is 10.8. The molecule has 0 aliphatic rings. The van der Waals surface area contributed by atoms with Crippen molar-refractivity contribution in [1.29, 1.82) is 0 Å². The maximum atomic E-state index is 13.0. The Morgan fingerprint density at radius 1 is 0.870 bits per heavy atom. The quantitative estimate of drug-likeness (QED) is 0.357. The van der Waals surface area contributed by atoms with E-state index < -0.39 is 0 Å². The Morgan fingerprint density at radius 2 is 1.48 bits per heavy atom. The first-order valence-electron chi connectivity index (χ1n) is 6.14. The van der Waals surface area contributed by atoms with Crippen molar-refractivity contribution in [2.75, 3.05) is 0 Å². The van der Waals surface area contributed by atoms with Crippen LogP contribution in [0.2, 0.25) is 0 Å². The van der Waals surface area contributed by atoms with E-state index in [0.29, 0.717) is 20.1 Å². The van der Waals surface area contributed by atoms with Gasteiger partial charge in [0.2, 0.25) is 5.43 Å². The van der Waals surface area contributed by atoms with Gasteiger partial charge in [0.15, 0.2) is 10.3 Å². The molecule has 8 heteroatoms. The average molecular weight is 570 g/mol. The zero-order chi connectivity index (χ0) is 16.9. The molecule has 0 atom stereocenters. The number of aromatic hydroxyl groups is 2. The summed E-state index contributed by atoms with van der Waals surface area (Å²) in [4.78, 5) is 13.0. The monoisotopic (exact) mass is 566 g/mol. The van der Waals surface area contributed by atoms with Gasteiger partial charge in [0, 0.05) is 0 Å². The number of hydrogen-bond acceptors (Lipinski definition) is 4. The summed E-state index contributed by atoms with van der Waals surface area (Å²) in [7, 11) is 0. The first kappa shape index (κ1) is 17.0. The van der Waals surface area contributed by atoms with Gasteiger partial charge in [-0.2, -0.15) is 0 Å². The molecule has 1 heterocycles. The summed E-state index contributed by atoms with van der Waals surface area (Å²) >= 11 is 13.1. The van der Waals surface area contributed by atoms with Crippen LogP contribution in [0.5, 0.6) is 11.5 Å². The number of fused-ring (bicyclic) bond motifs is 1. The van der Waals surface area contributed by atoms with Gasteiger partial charge in [0.25, 0.3) is 0 Å². The molecule has 0 aliphatic carbocycles. The minimum absolute atomic E-state index is 0.0724. The zero-order valence-corrected chi connectivity index (χ0v) is 17.4. The third-order valence-corrected chi connectivity index (χ3v) is 6.64. The second kappa shape index (κ2) is 6.23. The lowest BCUT2D eigenvalue weighted by molar-refractivity contribution is 0.465. The van der Waals surface area contributed by atoms with Crippen LogP contribution in [-0.4, -0.2) is 10.2 Å². The lowest BCUT2D eigenvalue weighted by Gasteiger charge is -2.11. The van der Waals surface area contributed by atoms with Crippen LogP contribution in [0.3, 0.4) is 0 Å². The van der Waals surface area contributed by atoms with Crippen molar-refractivity contribution in [2.24, 2.45) is 0 Å². The Kier molecular flexibility index (Phi) is 4.61. The van der Waals surface area contributed by atoms with Crippen molar-refractivity contribution in [3.05, 3.63) is 52.6 Å². The van der Waals surface area contributed by atoms with Crippen molar-refractivity contribution in [3.63, 3.8) is 0 Å². The highest BCUT2D eigenvalue weighted by Gasteiger charge is 2.23. The molecule has 0 amide bonds. The van der Waals surface area contributed by atoms with Crippen molar-refractivity contribution in [3.8, 4) is 22.6 Å². The molecule has 0 saturated heterocycles. The SMILES string of the molecule is O=c1c(-c2ccc(O)cc2)c(Br)oc2c(Br)c(O)c(Br)c(Br)c12. The van der Waals surface area contributed by atoms with Crippen molar-refractivity contribution in [1.82, 2.24) is 0 Å². The van der Waals surface area contributed by atoms with Crippen molar-refractivity contribution >= 4 is 74.7 Å². The van der Waals surface area contributed by atoms with Crippen LogP contribution >= 0.6 is 63.7 Å². The molecule has 4 nitrogen and oxygen atoms in total. The Labute approximate surface area is 163 Å². The summed E-state index contributed by atoms with van der Waals surface area (Å²) in [5.74, 6) is 0.0310. The van der Waals surface area contributed by atoms with Gasteiger partial charge in [-0.15, -0.1) is 0 Å². The number of phenolic OH excluding ortho intramolecular Hbond substituents is 2. The summed E-state index contributed by atoms with van der Waals surface area (Å²) in [6.45, 7) is 0. The lowest BCUT2D eigenvalue weighted by Crippen LogP contribution is -2.07. The number of hydrogen-bond donors (Lipinski definition) is 2. The summed E-state index contributed by atoms with van der Waals surface area (Å²) in [6.07, 6.45) is 0. The van der Waals surface area contributed by atoms with E-state index in [9.17, 15) is 15.0 Å². The van der Waals surface area contributed by atoms with Gasteiger partial charge in [-0.25, -0.2) is 0 Å². The molecule has 2 N–H and O–H groups in total. The predicted octanol–water partition coefficient (Wildman–Crippen LogP) is 5.92. The summed E-state index contributed by atoms with van der Waals surface area (Å²) in [6, 6.07) is 6.22. The van der Waals surface area contributed by atoms with Gasteiger partial charge in [-0.05, 0) is 81.4 Å². The second-order valence-corrected chi connectivity index (χ2v) is 7.72. The van der Waals surface area contributed by atoms with Gasteiger partial charge in [0.05, 0.1) is 19.9 Å². The van der Waals surface area contributed by atoms with E-state index in [1.54, 1.807) is 12.1 Å². The number of halogens is 4. The maximum Gasteiger partial charge on any atom is 0.202 e. The van der Waals surface area contributed by atoms with Crippen LogP contribution in [0, 0.1) is 0 Å². The molecule has 118 valence electrons. The lowest BCUT2D eigenvalue weighted by atomic mass is 10.1. The molecule has 23 heavy (non-hydrogen) atoms. The molecule has 0 fully saturated rings. The molecule has 2 aromatic carbocycles. The highest BCUT2D eigenvalue weighted by atomic mass is 79.9. The summed E-state index contributed by atoms with van der Waals surface area (Å²) < 4.78 is 6.96. The largest absolute Gasteiger partial charge is 0.508 e. The number of phenols is 2. The van der Waals surface area contributed by atoms with Crippen LogP contribution in [0.4, 0.5) is 0 Å². The molecule has 0 spiro atoms. The molecular weight excluding hydrogens is 564 g/mol. The minimum atomic E-state index is -0.280. The zero-order valence-electron chi connectivity index (χ0n) is 11.0. The van der Waals surface area contributed by atoms with Gasteiger partial charge in [-0.3, -0.25) is 4.79 Å². The van der Waals surface area contributed by atoms with Crippen LogP contribution in [0.1, 0.15) is 0 Å². The normalized spacial score (nSPS) is 11.1. The molecule has 0 unspecified atom stereocenters. The fourth-order valence-electron chi connectivity index (χ4n) is 2.15. The van der Waals surface area contributed by atoms with Crippen molar-refractivity contribution < 1.29 is 14.6 Å². The Bertz CT molecular complexity index is 994. The smallest absolute Gasteiger partial charge is 0.202 e. The van der Waals surface area contributed by atoms with Gasteiger partial charge >= 0.3 is 0 Å². The first-order valence-corrected chi connectivity index (χ1v) is 9.31. The van der Waals surface area contributed by atoms with Crippen LogP contribution in [0.25, 0.3) is 22.1 Å². The van der Waals surface area contributed by atoms with Crippen LogP contribution in [0.15, 0.2) is 51.6 Å². The van der Waals surface area contributed by atoms with E-state index in [1.165, 1.54) is 12.1 Å². The summed E-state index contributed by atoms with van der Waals surface area (Å²) in [5.41, 5.74) is 0.856. The molecule has 3 rings (SSSR count). The van der Waals surface area contributed by atoms with Crippen LogP contribution < -0.4 is 5.43 Å². The molecule has 0 radical (unpaired) electrons. The van der Waals surface area contributed by atoms with Gasteiger partial charge < -0.3 is 14.6 Å². The fraction of sp³-hybridized carbons (Fsp3) is 0. The average Bonchev–Trinajstić information content (AvgIpc) is 2.52. The molecule has 0 bridgehead atoms. The molecule has 3 aromatic rings. The molecule has 0 saturated carbocycles. The maximum absolute atomic E-state index is 13.0. The second-order valence-electron chi connectivity index (χ2n) is 4.62. The Balaban J connectivity index is 2.47. The minimum Gasteiger partial charge on any atom is -0.508 e. The van der Waals surface area contributed by atoms with E-state index >= 15 is 0 Å². The van der Waals surface area contributed by atoms with E-state index in [2.05, 4.69) is 63.7 Å². The van der Waals surface area contributed by atoms with E-state index in [0.717, 1.165) is 0 Å². The van der Waals surface area contributed by atoms with E-state index in [4.69, 9.17) is 4.42 Å². The molecule has 1 aromatic heterocycles. The van der Waals surface area contributed by atoms with Gasteiger partial charge in [-0.1, -0.05) is 12.1 Å².